The van der Waals surface area contributed by atoms with Crippen molar-refractivity contribution >= 4 is 16.7 Å². The number of Topliss-reactive ketones (excluding diaryl/α,β-unsaturated/α-hetero) is 1. The van der Waals surface area contributed by atoms with Gasteiger partial charge in [0.2, 0.25) is 0 Å². The van der Waals surface area contributed by atoms with Crippen LogP contribution in [0.2, 0.25) is 0 Å². The zero-order valence-electron chi connectivity index (χ0n) is 13.3. The lowest BCUT2D eigenvalue weighted by molar-refractivity contribution is 0.0923. The van der Waals surface area contributed by atoms with Crippen molar-refractivity contribution in [2.45, 2.75) is 18.9 Å². The van der Waals surface area contributed by atoms with Crippen molar-refractivity contribution in [2.75, 3.05) is 13.1 Å². The van der Waals surface area contributed by atoms with Gasteiger partial charge in [-0.25, -0.2) is 4.39 Å². The molecule has 0 radical (unpaired) electrons. The van der Waals surface area contributed by atoms with E-state index in [0.29, 0.717) is 6.54 Å². The first-order valence-corrected chi connectivity index (χ1v) is 8.31. The van der Waals surface area contributed by atoms with Crippen molar-refractivity contribution in [1.29, 1.82) is 0 Å². The molecule has 1 saturated heterocycles. The van der Waals surface area contributed by atoms with E-state index in [4.69, 9.17) is 0 Å². The number of likely N-dealkylation sites (tertiary alicyclic amines) is 1. The molecular weight excluding hydrogens is 303 g/mol. The quantitative estimate of drug-likeness (QED) is 0.726. The van der Waals surface area contributed by atoms with E-state index in [1.165, 1.54) is 12.1 Å². The van der Waals surface area contributed by atoms with E-state index in [-0.39, 0.29) is 17.6 Å². The molecule has 0 amide bonds. The fraction of sp³-hybridized carbons (Fsp3) is 0.250. The average molecular weight is 322 g/mol. The highest BCUT2D eigenvalue weighted by Gasteiger charge is 2.28. The summed E-state index contributed by atoms with van der Waals surface area (Å²) in [5.74, 6) is -0.0976. The fourth-order valence-corrected chi connectivity index (χ4v) is 3.65. The van der Waals surface area contributed by atoms with Gasteiger partial charge in [0.05, 0.1) is 6.54 Å². The molecule has 0 saturated carbocycles. The maximum absolute atomic E-state index is 13.1. The van der Waals surface area contributed by atoms with E-state index in [1.54, 1.807) is 6.20 Å². The van der Waals surface area contributed by atoms with Crippen LogP contribution in [0.15, 0.2) is 54.7 Å². The molecule has 24 heavy (non-hydrogen) atoms. The van der Waals surface area contributed by atoms with Crippen LogP contribution in [0.1, 0.15) is 34.8 Å². The Balaban J connectivity index is 1.55. The van der Waals surface area contributed by atoms with E-state index in [9.17, 15) is 9.18 Å². The number of carbonyl (C=O) groups excluding carboxylic acids is 1. The van der Waals surface area contributed by atoms with E-state index in [0.717, 1.165) is 41.4 Å². The fourth-order valence-electron chi connectivity index (χ4n) is 3.65. The second kappa shape index (κ2) is 6.21. The van der Waals surface area contributed by atoms with Gasteiger partial charge in [0.25, 0.3) is 0 Å². The highest BCUT2D eigenvalue weighted by molar-refractivity contribution is 6.08. The first kappa shape index (κ1) is 15.1. The van der Waals surface area contributed by atoms with Gasteiger partial charge < -0.3 is 4.98 Å². The minimum atomic E-state index is -0.224. The summed E-state index contributed by atoms with van der Waals surface area (Å²) in [6, 6.07) is 14.7. The highest BCUT2D eigenvalue weighted by Crippen LogP contribution is 2.32. The lowest BCUT2D eigenvalue weighted by atomic mass is 10.0. The van der Waals surface area contributed by atoms with E-state index >= 15 is 0 Å². The third kappa shape index (κ3) is 2.74. The third-order valence-corrected chi connectivity index (χ3v) is 4.85. The van der Waals surface area contributed by atoms with Crippen molar-refractivity contribution in [3.8, 4) is 0 Å². The van der Waals surface area contributed by atoms with E-state index in [2.05, 4.69) is 9.88 Å². The van der Waals surface area contributed by atoms with Crippen LogP contribution in [0.25, 0.3) is 10.9 Å². The van der Waals surface area contributed by atoms with Gasteiger partial charge in [0.15, 0.2) is 5.78 Å². The summed E-state index contributed by atoms with van der Waals surface area (Å²) < 4.78 is 13.1. The maximum Gasteiger partial charge on any atom is 0.178 e. The third-order valence-electron chi connectivity index (χ3n) is 4.85. The molecule has 1 aliphatic heterocycles. The molecule has 1 atom stereocenters. The molecule has 2 heterocycles. The number of nitrogens with zero attached hydrogens (tertiary/aromatic N) is 1. The summed E-state index contributed by atoms with van der Waals surface area (Å²) in [5, 5.41) is 0.972. The van der Waals surface area contributed by atoms with Crippen molar-refractivity contribution in [3.05, 3.63) is 71.7 Å². The molecule has 1 unspecified atom stereocenters. The van der Waals surface area contributed by atoms with Crippen molar-refractivity contribution in [3.63, 3.8) is 0 Å². The highest BCUT2D eigenvalue weighted by atomic mass is 19.1. The molecule has 122 valence electrons. The van der Waals surface area contributed by atoms with Gasteiger partial charge in [-0.05, 0) is 43.1 Å². The number of aromatic amines is 1. The Bertz CT molecular complexity index is 869. The number of benzene rings is 2. The van der Waals surface area contributed by atoms with Crippen molar-refractivity contribution in [2.24, 2.45) is 0 Å². The summed E-state index contributed by atoms with van der Waals surface area (Å²) in [5.41, 5.74) is 2.81. The monoisotopic (exact) mass is 322 g/mol. The van der Waals surface area contributed by atoms with E-state index in [1.807, 2.05) is 36.4 Å². The number of halogens is 1. The summed E-state index contributed by atoms with van der Waals surface area (Å²) in [6.45, 7) is 1.29. The van der Waals surface area contributed by atoms with Gasteiger partial charge >= 0.3 is 0 Å². The normalized spacial score (nSPS) is 18.3. The molecule has 0 aliphatic carbocycles. The Morgan fingerprint density at radius 3 is 2.79 bits per heavy atom. The first-order chi connectivity index (χ1) is 11.7. The minimum absolute atomic E-state index is 0.126. The number of hydrogen-bond donors (Lipinski definition) is 1. The number of nitrogens with one attached hydrogen (secondary N) is 1. The molecule has 3 aromatic rings. The molecule has 1 N–H and O–H groups in total. The molecule has 1 fully saturated rings. The summed E-state index contributed by atoms with van der Waals surface area (Å²) in [6.07, 6.45) is 3.87. The Kier molecular flexibility index (Phi) is 3.90. The molecule has 4 rings (SSSR count). The standard InChI is InChI=1S/C20H19FN2O/c21-15-9-7-14(8-10-15)19-6-3-11-23(19)13-20(24)17-12-22-18-5-2-1-4-16(17)18/h1-2,4-5,7-10,12,19,22H,3,6,11,13H2. The van der Waals surface area contributed by atoms with Gasteiger partial charge in [-0.2, -0.15) is 0 Å². The average Bonchev–Trinajstić information content (AvgIpc) is 3.22. The van der Waals surface area contributed by atoms with Crippen LogP contribution >= 0.6 is 0 Å². The lowest BCUT2D eigenvalue weighted by Gasteiger charge is -2.24. The summed E-state index contributed by atoms with van der Waals surface area (Å²) >= 11 is 0. The Morgan fingerprint density at radius 2 is 1.96 bits per heavy atom. The summed E-state index contributed by atoms with van der Waals surface area (Å²) in [7, 11) is 0. The zero-order chi connectivity index (χ0) is 16.5. The van der Waals surface area contributed by atoms with Crippen LogP contribution in [-0.2, 0) is 0 Å². The molecule has 1 aliphatic rings. The van der Waals surface area contributed by atoms with Gasteiger partial charge in [0.1, 0.15) is 5.82 Å². The molecule has 3 nitrogen and oxygen atoms in total. The Hall–Kier alpha value is -2.46. The SMILES string of the molecule is O=C(CN1CCCC1c1ccc(F)cc1)c1c[nH]c2ccccc12. The van der Waals surface area contributed by atoms with Crippen LogP contribution in [0.4, 0.5) is 4.39 Å². The van der Waals surface area contributed by atoms with E-state index < -0.39 is 0 Å². The van der Waals surface area contributed by atoms with Gasteiger partial charge in [0, 0.05) is 28.7 Å². The molecule has 2 aromatic carbocycles. The largest absolute Gasteiger partial charge is 0.360 e. The van der Waals surface area contributed by atoms with Gasteiger partial charge in [-0.15, -0.1) is 0 Å². The molecule has 0 spiro atoms. The maximum atomic E-state index is 13.1. The number of aromatic nitrogens is 1. The number of H-pyrrole nitrogens is 1. The number of rotatable bonds is 4. The van der Waals surface area contributed by atoms with Crippen LogP contribution in [0.3, 0.4) is 0 Å². The predicted molar refractivity (Wildman–Crippen MR) is 92.6 cm³/mol. The Morgan fingerprint density at radius 1 is 1.17 bits per heavy atom. The Labute approximate surface area is 140 Å². The number of fused-ring (bicyclic) bond motifs is 1. The smallest absolute Gasteiger partial charge is 0.178 e. The molecular formula is C20H19FN2O. The number of ketones is 1. The topological polar surface area (TPSA) is 36.1 Å². The van der Waals surface area contributed by atoms with Crippen LogP contribution < -0.4 is 0 Å². The zero-order valence-corrected chi connectivity index (χ0v) is 13.3. The first-order valence-electron chi connectivity index (χ1n) is 8.31. The van der Waals surface area contributed by atoms with Crippen LogP contribution in [0.5, 0.6) is 0 Å². The minimum Gasteiger partial charge on any atom is -0.360 e. The summed E-state index contributed by atoms with van der Waals surface area (Å²) in [4.78, 5) is 18.2. The molecule has 0 bridgehead atoms. The predicted octanol–water partition coefficient (Wildman–Crippen LogP) is 4.33. The molecule has 4 heteroatoms. The van der Waals surface area contributed by atoms with Crippen LogP contribution in [0, 0.1) is 5.82 Å². The van der Waals surface area contributed by atoms with Crippen molar-refractivity contribution in [1.82, 2.24) is 9.88 Å². The number of hydrogen-bond acceptors (Lipinski definition) is 2. The van der Waals surface area contributed by atoms with Gasteiger partial charge in [-0.1, -0.05) is 30.3 Å². The molecule has 1 aromatic heterocycles. The number of para-hydroxylation sites is 1. The second-order valence-electron chi connectivity index (χ2n) is 6.35. The second-order valence-corrected chi connectivity index (χ2v) is 6.35. The van der Waals surface area contributed by atoms with Crippen LogP contribution in [-0.4, -0.2) is 28.8 Å². The lowest BCUT2D eigenvalue weighted by Crippen LogP contribution is -2.29. The van der Waals surface area contributed by atoms with Gasteiger partial charge in [-0.3, -0.25) is 9.69 Å². The number of carbonyl (C=O) groups is 1. The van der Waals surface area contributed by atoms with Crippen molar-refractivity contribution < 1.29 is 9.18 Å².